The standard InChI is InChI=1S/C63H78N4O8S2Si/c1-12-66-52-37-35-48-43(5)21-16-24-50(48)59(52)62(6,7)55(66)39-29-44-22-17-23-45(30-40-56-63(8,9)60-51-25-18-26-54(77(70,71)72-10)49(51)36-38-53(60)67(56)13-2)61(44)76-47-33-31-46(32-34-47)65-58(69)28-19-27-57(68)64-41-20-42-78(73-11,74-14-3)75-15-4/h16,18,21,24-26,29-40H,12-15,17,19-20,22-23,27-28,41-42H2,1-11H3,(H-,64,65,68,69)/p+1. The van der Waals surface area contributed by atoms with Gasteiger partial charge < -0.3 is 28.8 Å². The first kappa shape index (κ1) is 58.5. The minimum Gasteiger partial charge on any atom is -0.377 e. The molecule has 0 fully saturated rings. The number of rotatable bonds is 23. The van der Waals surface area contributed by atoms with Gasteiger partial charge in [0.25, 0.3) is 10.1 Å². The van der Waals surface area contributed by atoms with Crippen LogP contribution in [0, 0.1) is 6.92 Å². The van der Waals surface area contributed by atoms with Crippen LogP contribution >= 0.6 is 11.8 Å². The van der Waals surface area contributed by atoms with Crippen molar-refractivity contribution in [1.82, 2.24) is 5.32 Å². The van der Waals surface area contributed by atoms with Crippen LogP contribution in [0.4, 0.5) is 17.1 Å². The molecule has 2 heterocycles. The van der Waals surface area contributed by atoms with Crippen molar-refractivity contribution >= 4 is 86.8 Å². The van der Waals surface area contributed by atoms with Crippen LogP contribution in [-0.2, 0) is 48.0 Å². The van der Waals surface area contributed by atoms with E-state index in [2.05, 4.69) is 141 Å². The highest BCUT2D eigenvalue weighted by atomic mass is 32.2. The minimum atomic E-state index is -3.94. The number of hydrogen-bond donors (Lipinski definition) is 2. The predicted molar refractivity (Wildman–Crippen MR) is 321 cm³/mol. The van der Waals surface area contributed by atoms with Gasteiger partial charge in [-0.3, -0.25) is 13.8 Å². The van der Waals surface area contributed by atoms with Crippen LogP contribution in [0.1, 0.15) is 117 Å². The molecule has 5 aromatic carbocycles. The molecule has 1 aliphatic carbocycles. The van der Waals surface area contributed by atoms with Gasteiger partial charge in [-0.05, 0) is 168 Å². The number of hydrogen-bond acceptors (Lipinski definition) is 10. The summed E-state index contributed by atoms with van der Waals surface area (Å²) in [4.78, 5) is 30.6. The number of anilines is 2. The zero-order valence-electron chi connectivity index (χ0n) is 47.6. The third-order valence-electron chi connectivity index (χ3n) is 15.6. The molecule has 0 atom stereocenters. The topological polar surface area (TPSA) is 136 Å². The van der Waals surface area contributed by atoms with Crippen LogP contribution in [0.2, 0.25) is 6.04 Å². The van der Waals surface area contributed by atoms with Crippen molar-refractivity contribution in [3.05, 3.63) is 148 Å². The van der Waals surface area contributed by atoms with Crippen LogP contribution in [0.5, 0.6) is 0 Å². The second-order valence-corrected chi connectivity index (χ2v) is 26.8. The van der Waals surface area contributed by atoms with Crippen molar-refractivity contribution in [2.45, 2.75) is 134 Å². The zero-order chi connectivity index (χ0) is 56.0. The highest BCUT2D eigenvalue weighted by Gasteiger charge is 2.46. The van der Waals surface area contributed by atoms with E-state index in [1.165, 1.54) is 56.5 Å². The van der Waals surface area contributed by atoms with Gasteiger partial charge in [-0.1, -0.05) is 74.2 Å². The lowest BCUT2D eigenvalue weighted by molar-refractivity contribution is -0.433. The third kappa shape index (κ3) is 11.9. The highest BCUT2D eigenvalue weighted by molar-refractivity contribution is 8.03. The van der Waals surface area contributed by atoms with E-state index in [4.69, 9.17) is 17.5 Å². The Hall–Kier alpha value is -5.65. The summed E-state index contributed by atoms with van der Waals surface area (Å²) >= 11 is 1.75. The molecule has 0 bridgehead atoms. The Balaban J connectivity index is 1.06. The van der Waals surface area contributed by atoms with Crippen molar-refractivity contribution in [3.63, 3.8) is 0 Å². The second-order valence-electron chi connectivity index (χ2n) is 21.2. The molecule has 0 aromatic heterocycles. The molecule has 2 aliphatic heterocycles. The Morgan fingerprint density at radius 3 is 2.14 bits per heavy atom. The first-order valence-corrected chi connectivity index (χ1v) is 31.9. The van der Waals surface area contributed by atoms with Gasteiger partial charge >= 0.3 is 8.80 Å². The number of aryl methyl sites for hydroxylation is 1. The fraction of sp³-hybridized carbons (Fsp3) is 0.413. The summed E-state index contributed by atoms with van der Waals surface area (Å²) in [6.07, 6.45) is 13.7. The summed E-state index contributed by atoms with van der Waals surface area (Å²) in [6, 6.07) is 29.3. The van der Waals surface area contributed by atoms with Gasteiger partial charge in [0.15, 0.2) is 5.71 Å². The van der Waals surface area contributed by atoms with Crippen molar-refractivity contribution in [2.75, 3.05) is 57.3 Å². The number of fused-ring (bicyclic) bond motifs is 6. The smallest absolute Gasteiger partial charge is 0.377 e. The molecule has 0 unspecified atom stereocenters. The summed E-state index contributed by atoms with van der Waals surface area (Å²) < 4.78 is 51.0. The van der Waals surface area contributed by atoms with E-state index >= 15 is 0 Å². The first-order chi connectivity index (χ1) is 37.4. The number of benzene rings is 5. The monoisotopic (exact) mass is 1110 g/mol. The number of carbonyl (C=O) groups excluding carboxylic acids is 2. The molecule has 78 heavy (non-hydrogen) atoms. The lowest BCUT2D eigenvalue weighted by Gasteiger charge is -2.27. The number of allylic oxidation sites excluding steroid dienone is 7. The molecule has 2 N–H and O–H groups in total. The summed E-state index contributed by atoms with van der Waals surface area (Å²) in [5.74, 6) is -0.234. The molecule has 5 aromatic rings. The number of thioether (sulfide) groups is 1. The Bertz CT molecular complexity index is 3350. The van der Waals surface area contributed by atoms with Gasteiger partial charge in [-0.15, -0.1) is 0 Å². The molecule has 15 heteroatoms. The summed E-state index contributed by atoms with van der Waals surface area (Å²) in [5, 5.41) is 10.1. The quantitative estimate of drug-likeness (QED) is 0.0282. The van der Waals surface area contributed by atoms with E-state index in [0.717, 1.165) is 59.6 Å². The molecule has 3 aliphatic rings. The van der Waals surface area contributed by atoms with Crippen LogP contribution in [0.15, 0.2) is 141 Å². The third-order valence-corrected chi connectivity index (χ3v) is 21.2. The Kier molecular flexibility index (Phi) is 18.6. The van der Waals surface area contributed by atoms with Crippen molar-refractivity contribution in [2.24, 2.45) is 0 Å². The zero-order valence-corrected chi connectivity index (χ0v) is 50.2. The largest absolute Gasteiger partial charge is 0.500 e. The fourth-order valence-corrected chi connectivity index (χ4v) is 16.2. The highest BCUT2D eigenvalue weighted by Crippen LogP contribution is 2.52. The molecule has 2 amide bonds. The maximum absolute atomic E-state index is 13.2. The second kappa shape index (κ2) is 24.8. The summed E-state index contributed by atoms with van der Waals surface area (Å²) in [7, 11) is -3.86. The van der Waals surface area contributed by atoms with Crippen LogP contribution in [0.3, 0.4) is 0 Å². The number of nitrogens with zero attached hydrogens (tertiary/aromatic N) is 2. The number of likely N-dealkylation sites (N-methyl/N-ethyl adjacent to an activating group) is 1. The molecule has 0 spiro atoms. The van der Waals surface area contributed by atoms with E-state index in [0.29, 0.717) is 49.7 Å². The Labute approximate surface area is 468 Å². The molecule has 8 rings (SSSR count). The van der Waals surface area contributed by atoms with Crippen LogP contribution in [0.25, 0.3) is 21.5 Å². The first-order valence-electron chi connectivity index (χ1n) is 27.7. The van der Waals surface area contributed by atoms with Gasteiger partial charge in [-0.2, -0.15) is 13.0 Å². The van der Waals surface area contributed by atoms with Gasteiger partial charge in [0.2, 0.25) is 17.5 Å². The number of amides is 2. The Morgan fingerprint density at radius 1 is 0.769 bits per heavy atom. The van der Waals surface area contributed by atoms with E-state index < -0.39 is 24.3 Å². The molecule has 0 radical (unpaired) electrons. The lowest BCUT2D eigenvalue weighted by atomic mass is 9.78. The van der Waals surface area contributed by atoms with Gasteiger partial charge in [0.1, 0.15) is 11.4 Å². The van der Waals surface area contributed by atoms with E-state index in [1.807, 2.05) is 38.1 Å². The van der Waals surface area contributed by atoms with Crippen LogP contribution in [-0.4, -0.2) is 86.4 Å². The van der Waals surface area contributed by atoms with Gasteiger partial charge in [0, 0.05) is 108 Å². The van der Waals surface area contributed by atoms with Crippen molar-refractivity contribution in [3.8, 4) is 0 Å². The summed E-state index contributed by atoms with van der Waals surface area (Å²) in [6.45, 7) is 22.7. The molecular weight excluding hydrogens is 1030 g/mol. The SMILES string of the molecule is CCO[Si](CCCNC(=O)CCCC(=O)Nc1ccc(SC2=C(/C=C/C3=[N+](CC)c4ccc5c(C)cccc5c4C3(C)C)CCC/C2=C\C=C2\N(CC)c3ccc4c(S(=O)(=O)OC)cccc4c3C2(C)C)cc1)(OC)OCC. The molecule has 0 saturated heterocycles. The average Bonchev–Trinajstić information content (AvgIpc) is 4.04. The maximum Gasteiger partial charge on any atom is 0.500 e. The number of nitrogens with one attached hydrogen (secondary N) is 2. The van der Waals surface area contributed by atoms with Crippen molar-refractivity contribution in [1.29, 1.82) is 0 Å². The summed E-state index contributed by atoms with van der Waals surface area (Å²) in [5.41, 5.74) is 11.0. The lowest BCUT2D eigenvalue weighted by Crippen LogP contribution is -2.45. The van der Waals surface area contributed by atoms with Gasteiger partial charge in [0.05, 0.1) is 12.5 Å². The van der Waals surface area contributed by atoms with Crippen LogP contribution < -0.4 is 15.5 Å². The molecule has 414 valence electrons. The molecule has 0 saturated carbocycles. The van der Waals surface area contributed by atoms with Crippen molar-refractivity contribution < 1.29 is 40.0 Å². The van der Waals surface area contributed by atoms with E-state index in [-0.39, 0.29) is 35.0 Å². The van der Waals surface area contributed by atoms with E-state index in [9.17, 15) is 18.0 Å². The predicted octanol–water partition coefficient (Wildman–Crippen LogP) is 13.7. The average molecular weight is 1110 g/mol. The molecular formula is C63H79N4O8S2Si+. The van der Waals surface area contributed by atoms with E-state index in [1.54, 1.807) is 31.0 Å². The maximum atomic E-state index is 13.2. The Morgan fingerprint density at radius 2 is 1.46 bits per heavy atom. The number of carbonyl (C=O) groups is 2. The fourth-order valence-electron chi connectivity index (χ4n) is 11.9. The molecule has 12 nitrogen and oxygen atoms in total. The normalized spacial score (nSPS) is 17.3. The van der Waals surface area contributed by atoms with Gasteiger partial charge in [-0.25, -0.2) is 0 Å². The minimum absolute atomic E-state index is 0.0933.